The van der Waals surface area contributed by atoms with Crippen molar-refractivity contribution in [1.82, 2.24) is 5.32 Å². The molecule has 0 saturated heterocycles. The zero-order chi connectivity index (χ0) is 18.3. The molecule has 2 amide bonds. The summed E-state index contributed by atoms with van der Waals surface area (Å²) in [7, 11) is 0. The first-order chi connectivity index (χ1) is 11.1. The van der Waals surface area contributed by atoms with E-state index in [1.54, 1.807) is 0 Å². The van der Waals surface area contributed by atoms with Crippen LogP contribution < -0.4 is 10.6 Å². The third-order valence-corrected chi connectivity index (χ3v) is 4.40. The monoisotopic (exact) mass is 354 g/mol. The fraction of sp³-hybridized carbons (Fsp3) is 0.667. The van der Waals surface area contributed by atoms with Crippen LogP contribution in [0, 0.1) is 18.3 Å². The summed E-state index contributed by atoms with van der Waals surface area (Å²) >= 11 is 1.31. The minimum Gasteiger partial charge on any atom is -0.381 e. The first-order valence-corrected chi connectivity index (χ1v) is 9.20. The molecule has 24 heavy (non-hydrogen) atoms. The third-order valence-electron chi connectivity index (χ3n) is 3.24. The Morgan fingerprint density at radius 2 is 1.96 bits per heavy atom. The van der Waals surface area contributed by atoms with Gasteiger partial charge in [0, 0.05) is 25.2 Å². The van der Waals surface area contributed by atoms with E-state index in [9.17, 15) is 9.59 Å². The van der Waals surface area contributed by atoms with E-state index in [-0.39, 0.29) is 11.8 Å². The van der Waals surface area contributed by atoms with Gasteiger partial charge in [0.05, 0.1) is 9.88 Å². The molecule has 136 valence electrons. The van der Waals surface area contributed by atoms with Gasteiger partial charge in [-0.05, 0) is 30.9 Å². The SMILES string of the molecule is Cc1cc(NC(=O)C(C)(C)C)sc1C(=O)NCCCOCC(C)C. The molecule has 1 heterocycles. The van der Waals surface area contributed by atoms with Crippen molar-refractivity contribution in [3.8, 4) is 0 Å². The van der Waals surface area contributed by atoms with Crippen molar-refractivity contribution in [2.75, 3.05) is 25.1 Å². The fourth-order valence-corrected chi connectivity index (χ4v) is 2.83. The van der Waals surface area contributed by atoms with Crippen molar-refractivity contribution >= 4 is 28.2 Å². The van der Waals surface area contributed by atoms with Crippen LogP contribution in [0.1, 0.15) is 56.3 Å². The van der Waals surface area contributed by atoms with Gasteiger partial charge in [-0.3, -0.25) is 9.59 Å². The highest BCUT2D eigenvalue weighted by molar-refractivity contribution is 7.18. The van der Waals surface area contributed by atoms with Crippen molar-refractivity contribution in [3.63, 3.8) is 0 Å². The maximum atomic E-state index is 12.2. The molecule has 0 aromatic carbocycles. The average Bonchev–Trinajstić information content (AvgIpc) is 2.81. The Bertz CT molecular complexity index is 559. The Morgan fingerprint density at radius 1 is 1.29 bits per heavy atom. The van der Waals surface area contributed by atoms with E-state index in [4.69, 9.17) is 4.74 Å². The van der Waals surface area contributed by atoms with Gasteiger partial charge >= 0.3 is 0 Å². The van der Waals surface area contributed by atoms with E-state index in [0.29, 0.717) is 28.9 Å². The van der Waals surface area contributed by atoms with Gasteiger partial charge in [-0.15, -0.1) is 11.3 Å². The molecule has 1 rings (SSSR count). The molecule has 6 heteroatoms. The standard InChI is InChI=1S/C18H30N2O3S/c1-12(2)11-23-9-7-8-19-16(21)15-13(3)10-14(24-15)20-17(22)18(4,5)6/h10,12H,7-9,11H2,1-6H3,(H,19,21)(H,20,22). The number of thiophene rings is 1. The van der Waals surface area contributed by atoms with Crippen molar-refractivity contribution in [1.29, 1.82) is 0 Å². The van der Waals surface area contributed by atoms with Gasteiger partial charge in [0.15, 0.2) is 0 Å². The van der Waals surface area contributed by atoms with E-state index in [0.717, 1.165) is 18.6 Å². The Hall–Kier alpha value is -1.40. The van der Waals surface area contributed by atoms with E-state index in [2.05, 4.69) is 24.5 Å². The topological polar surface area (TPSA) is 67.4 Å². The quantitative estimate of drug-likeness (QED) is 0.697. The highest BCUT2D eigenvalue weighted by atomic mass is 32.1. The zero-order valence-corrected chi connectivity index (χ0v) is 16.4. The van der Waals surface area contributed by atoms with Gasteiger partial charge in [-0.2, -0.15) is 0 Å². The predicted octanol–water partition coefficient (Wildman–Crippen LogP) is 3.83. The summed E-state index contributed by atoms with van der Waals surface area (Å²) in [5, 5.41) is 6.48. The van der Waals surface area contributed by atoms with Crippen LogP contribution in [0.3, 0.4) is 0 Å². The summed E-state index contributed by atoms with van der Waals surface area (Å²) in [5.74, 6) is 0.366. The molecular weight excluding hydrogens is 324 g/mol. The molecule has 0 fully saturated rings. The number of anilines is 1. The number of ether oxygens (including phenoxy) is 1. The highest BCUT2D eigenvalue weighted by Crippen LogP contribution is 2.28. The molecule has 1 aromatic heterocycles. The maximum Gasteiger partial charge on any atom is 0.261 e. The second-order valence-corrected chi connectivity index (χ2v) is 8.46. The molecule has 0 spiro atoms. The lowest BCUT2D eigenvalue weighted by molar-refractivity contribution is -0.123. The maximum absolute atomic E-state index is 12.2. The number of hydrogen-bond acceptors (Lipinski definition) is 4. The molecule has 0 saturated carbocycles. The van der Waals surface area contributed by atoms with E-state index in [1.807, 2.05) is 33.8 Å². The minimum absolute atomic E-state index is 0.0574. The third kappa shape index (κ3) is 7.01. The summed E-state index contributed by atoms with van der Waals surface area (Å²) < 4.78 is 5.49. The Morgan fingerprint density at radius 3 is 2.54 bits per heavy atom. The lowest BCUT2D eigenvalue weighted by atomic mass is 9.96. The molecule has 2 N–H and O–H groups in total. The highest BCUT2D eigenvalue weighted by Gasteiger charge is 2.22. The van der Waals surface area contributed by atoms with Crippen LogP contribution in [0.5, 0.6) is 0 Å². The number of nitrogens with one attached hydrogen (secondary N) is 2. The van der Waals surface area contributed by atoms with Gasteiger partial charge in [0.25, 0.3) is 5.91 Å². The van der Waals surface area contributed by atoms with Crippen LogP contribution >= 0.6 is 11.3 Å². The van der Waals surface area contributed by atoms with Crippen LogP contribution in [0.2, 0.25) is 0 Å². The molecule has 0 aliphatic rings. The van der Waals surface area contributed by atoms with Gasteiger partial charge in [-0.25, -0.2) is 0 Å². The van der Waals surface area contributed by atoms with Crippen molar-refractivity contribution in [3.05, 3.63) is 16.5 Å². The lowest BCUT2D eigenvalue weighted by Crippen LogP contribution is -2.27. The fourth-order valence-electron chi connectivity index (χ4n) is 1.84. The molecule has 5 nitrogen and oxygen atoms in total. The van der Waals surface area contributed by atoms with E-state index < -0.39 is 5.41 Å². The molecule has 0 bridgehead atoms. The van der Waals surface area contributed by atoms with Crippen LogP contribution in [0.4, 0.5) is 5.00 Å². The summed E-state index contributed by atoms with van der Waals surface area (Å²) in [6, 6.07) is 1.84. The summed E-state index contributed by atoms with van der Waals surface area (Å²) in [6.07, 6.45) is 0.788. The summed E-state index contributed by atoms with van der Waals surface area (Å²) in [6.45, 7) is 13.6. The van der Waals surface area contributed by atoms with Gasteiger partial charge in [0.2, 0.25) is 5.91 Å². The van der Waals surface area contributed by atoms with Crippen LogP contribution in [-0.2, 0) is 9.53 Å². The second-order valence-electron chi connectivity index (χ2n) is 7.41. The van der Waals surface area contributed by atoms with Gasteiger partial charge in [-0.1, -0.05) is 34.6 Å². The predicted molar refractivity (Wildman–Crippen MR) is 99.7 cm³/mol. The first-order valence-electron chi connectivity index (χ1n) is 8.39. The number of carbonyl (C=O) groups is 2. The van der Waals surface area contributed by atoms with E-state index in [1.165, 1.54) is 11.3 Å². The van der Waals surface area contributed by atoms with Crippen molar-refractivity contribution < 1.29 is 14.3 Å². The van der Waals surface area contributed by atoms with Gasteiger partial charge < -0.3 is 15.4 Å². The smallest absolute Gasteiger partial charge is 0.261 e. The van der Waals surface area contributed by atoms with Gasteiger partial charge in [0.1, 0.15) is 0 Å². The number of hydrogen-bond donors (Lipinski definition) is 2. The zero-order valence-electron chi connectivity index (χ0n) is 15.6. The molecule has 0 atom stereocenters. The molecule has 0 radical (unpaired) electrons. The molecule has 0 aliphatic carbocycles. The summed E-state index contributed by atoms with van der Waals surface area (Å²) in [5.41, 5.74) is 0.411. The number of carbonyl (C=O) groups excluding carboxylic acids is 2. The molecule has 1 aromatic rings. The van der Waals surface area contributed by atoms with Crippen molar-refractivity contribution in [2.45, 2.75) is 48.0 Å². The van der Waals surface area contributed by atoms with Crippen LogP contribution in [-0.4, -0.2) is 31.6 Å². The Labute approximate surface area is 149 Å². The minimum atomic E-state index is -0.462. The molecule has 0 unspecified atom stereocenters. The van der Waals surface area contributed by atoms with Crippen LogP contribution in [0.15, 0.2) is 6.07 Å². The van der Waals surface area contributed by atoms with Crippen LogP contribution in [0.25, 0.3) is 0 Å². The van der Waals surface area contributed by atoms with Crippen molar-refractivity contribution in [2.24, 2.45) is 11.3 Å². The largest absolute Gasteiger partial charge is 0.381 e. The number of rotatable bonds is 8. The van der Waals surface area contributed by atoms with E-state index >= 15 is 0 Å². The Balaban J connectivity index is 2.46. The Kier molecular flexibility index (Phi) is 7.90. The average molecular weight is 355 g/mol. The first kappa shape index (κ1) is 20.6. The normalized spacial score (nSPS) is 11.6. The number of amides is 2. The summed E-state index contributed by atoms with van der Waals surface area (Å²) in [4.78, 5) is 24.9. The molecular formula is C18H30N2O3S. The second kappa shape index (κ2) is 9.18. The number of aryl methyl sites for hydroxylation is 1. The lowest BCUT2D eigenvalue weighted by Gasteiger charge is -2.16. The molecule has 0 aliphatic heterocycles.